The summed E-state index contributed by atoms with van der Waals surface area (Å²) in [4.78, 5) is 24.2. The maximum atomic E-state index is 13.3. The molecule has 1 amide bonds. The predicted molar refractivity (Wildman–Crippen MR) is 93.1 cm³/mol. The van der Waals surface area contributed by atoms with Crippen molar-refractivity contribution in [1.82, 2.24) is 14.8 Å². The number of rotatable bonds is 5. The van der Waals surface area contributed by atoms with Gasteiger partial charge in [-0.05, 0) is 36.8 Å². The number of benzene rings is 1. The molecule has 8 heteroatoms. The lowest BCUT2D eigenvalue weighted by atomic mass is 10.2. The van der Waals surface area contributed by atoms with E-state index in [1.54, 1.807) is 13.0 Å². The van der Waals surface area contributed by atoms with Crippen LogP contribution in [0.5, 0.6) is 0 Å². The van der Waals surface area contributed by atoms with E-state index in [1.165, 1.54) is 35.0 Å². The molecular weight excluding hydrogens is 339 g/mol. The molecule has 0 saturated heterocycles. The third-order valence-corrected chi connectivity index (χ3v) is 3.76. The fraction of sp³-hybridized carbons (Fsp3) is 0.222. The second kappa shape index (κ2) is 7.30. The number of pyridine rings is 1. The van der Waals surface area contributed by atoms with Gasteiger partial charge in [-0.15, -0.1) is 10.2 Å². The van der Waals surface area contributed by atoms with E-state index in [0.717, 1.165) is 0 Å². The van der Waals surface area contributed by atoms with Crippen LogP contribution in [0.2, 0.25) is 0 Å². The molecule has 0 unspecified atom stereocenters. The lowest BCUT2D eigenvalue weighted by Gasteiger charge is -2.09. The molecule has 1 N–H and O–H groups in total. The summed E-state index contributed by atoms with van der Waals surface area (Å²) >= 11 is 0. The number of nitrogens with one attached hydrogen (secondary N) is 1. The molecular formula is C18H17FN4O3. The average molecular weight is 356 g/mol. The van der Waals surface area contributed by atoms with Crippen LogP contribution in [0.1, 0.15) is 18.4 Å². The second-order valence-corrected chi connectivity index (χ2v) is 5.75. The first-order valence-corrected chi connectivity index (χ1v) is 8.05. The number of aromatic nitrogens is 3. The van der Waals surface area contributed by atoms with Crippen molar-refractivity contribution >= 4 is 11.6 Å². The molecule has 3 aromatic rings. The van der Waals surface area contributed by atoms with E-state index in [-0.39, 0.29) is 23.8 Å². The maximum Gasteiger partial charge on any atom is 0.251 e. The summed E-state index contributed by atoms with van der Waals surface area (Å²) in [6.45, 7) is 3.30. The minimum absolute atomic E-state index is 0.197. The summed E-state index contributed by atoms with van der Waals surface area (Å²) in [5.74, 6) is 0.0142. The summed E-state index contributed by atoms with van der Waals surface area (Å²) in [5.41, 5.74) is 1.09. The van der Waals surface area contributed by atoms with E-state index in [9.17, 15) is 14.0 Å². The Kier molecular flexibility index (Phi) is 4.92. The Hall–Kier alpha value is -3.29. The van der Waals surface area contributed by atoms with Crippen molar-refractivity contribution in [3.05, 3.63) is 64.2 Å². The molecule has 0 aliphatic rings. The van der Waals surface area contributed by atoms with Crippen LogP contribution in [0.4, 0.5) is 10.1 Å². The lowest BCUT2D eigenvalue weighted by Crippen LogP contribution is -2.26. The first-order valence-electron chi connectivity index (χ1n) is 8.05. The molecule has 2 aromatic heterocycles. The van der Waals surface area contributed by atoms with Crippen LogP contribution in [-0.4, -0.2) is 20.7 Å². The molecule has 0 fully saturated rings. The van der Waals surface area contributed by atoms with Crippen LogP contribution in [0.3, 0.4) is 0 Å². The van der Waals surface area contributed by atoms with E-state index < -0.39 is 5.91 Å². The fourth-order valence-electron chi connectivity index (χ4n) is 2.37. The zero-order chi connectivity index (χ0) is 18.7. The van der Waals surface area contributed by atoms with Gasteiger partial charge in [0.25, 0.3) is 5.56 Å². The molecule has 0 spiro atoms. The number of carbonyl (C=O) groups is 1. The number of aryl methyl sites for hydroxylation is 2. The van der Waals surface area contributed by atoms with Crippen LogP contribution in [0, 0.1) is 12.7 Å². The van der Waals surface area contributed by atoms with Crippen LogP contribution < -0.4 is 10.9 Å². The number of halogens is 1. The Balaban J connectivity index is 1.78. The van der Waals surface area contributed by atoms with Gasteiger partial charge in [-0.25, -0.2) is 4.39 Å². The number of hydrogen-bond donors (Lipinski definition) is 1. The van der Waals surface area contributed by atoms with Gasteiger partial charge in [0, 0.05) is 24.4 Å². The first-order chi connectivity index (χ1) is 12.5. The summed E-state index contributed by atoms with van der Waals surface area (Å²) in [6, 6.07) is 7.16. The molecule has 134 valence electrons. The SMILES string of the molecule is CCc1nnc(-c2ccc(=O)n(CC(=O)Nc3ccc(F)c(C)c3)c2)o1. The Morgan fingerprint density at radius 1 is 1.27 bits per heavy atom. The Morgan fingerprint density at radius 2 is 2.08 bits per heavy atom. The molecule has 0 bridgehead atoms. The fourth-order valence-corrected chi connectivity index (χ4v) is 2.37. The van der Waals surface area contributed by atoms with Crippen LogP contribution in [0.15, 0.2) is 45.7 Å². The van der Waals surface area contributed by atoms with E-state index in [2.05, 4.69) is 15.5 Å². The summed E-state index contributed by atoms with van der Waals surface area (Å²) in [7, 11) is 0. The number of amides is 1. The molecule has 3 rings (SSSR count). The van der Waals surface area contributed by atoms with Crippen molar-refractivity contribution < 1.29 is 13.6 Å². The molecule has 2 heterocycles. The minimum Gasteiger partial charge on any atom is -0.421 e. The van der Waals surface area contributed by atoms with Crippen molar-refractivity contribution in [1.29, 1.82) is 0 Å². The van der Waals surface area contributed by atoms with Gasteiger partial charge in [0.05, 0.1) is 5.56 Å². The number of anilines is 1. The largest absolute Gasteiger partial charge is 0.421 e. The van der Waals surface area contributed by atoms with E-state index in [0.29, 0.717) is 29.1 Å². The highest BCUT2D eigenvalue weighted by atomic mass is 19.1. The number of hydrogen-bond acceptors (Lipinski definition) is 5. The highest BCUT2D eigenvalue weighted by Crippen LogP contribution is 2.17. The average Bonchev–Trinajstić information content (AvgIpc) is 3.09. The molecule has 0 aliphatic heterocycles. The molecule has 1 aromatic carbocycles. The predicted octanol–water partition coefficient (Wildman–Crippen LogP) is 2.55. The summed E-state index contributed by atoms with van der Waals surface area (Å²) in [6.07, 6.45) is 2.09. The standard InChI is InChI=1S/C18H17FN4O3/c1-3-16-21-22-18(26-16)12-4-7-17(25)23(9-12)10-15(24)20-13-5-6-14(19)11(2)8-13/h4-9H,3,10H2,1-2H3,(H,20,24). The molecule has 0 atom stereocenters. The lowest BCUT2D eigenvalue weighted by molar-refractivity contribution is -0.116. The normalized spacial score (nSPS) is 10.7. The Morgan fingerprint density at radius 3 is 2.77 bits per heavy atom. The third kappa shape index (κ3) is 3.85. The van der Waals surface area contributed by atoms with Crippen molar-refractivity contribution in [2.24, 2.45) is 0 Å². The van der Waals surface area contributed by atoms with Gasteiger partial charge < -0.3 is 14.3 Å². The van der Waals surface area contributed by atoms with E-state index in [4.69, 9.17) is 4.42 Å². The van der Waals surface area contributed by atoms with Gasteiger partial charge in [0.1, 0.15) is 12.4 Å². The molecule has 0 radical (unpaired) electrons. The van der Waals surface area contributed by atoms with Crippen molar-refractivity contribution in [3.8, 4) is 11.5 Å². The van der Waals surface area contributed by atoms with Crippen LogP contribution in [0.25, 0.3) is 11.5 Å². The van der Waals surface area contributed by atoms with Gasteiger partial charge in [0.15, 0.2) is 0 Å². The van der Waals surface area contributed by atoms with Gasteiger partial charge in [-0.3, -0.25) is 9.59 Å². The Bertz CT molecular complexity index is 1010. The van der Waals surface area contributed by atoms with E-state index in [1.807, 2.05) is 6.92 Å². The van der Waals surface area contributed by atoms with Gasteiger partial charge in [0.2, 0.25) is 17.7 Å². The highest BCUT2D eigenvalue weighted by Gasteiger charge is 2.11. The van der Waals surface area contributed by atoms with Gasteiger partial charge >= 0.3 is 0 Å². The van der Waals surface area contributed by atoms with Crippen molar-refractivity contribution in [2.45, 2.75) is 26.8 Å². The zero-order valence-electron chi connectivity index (χ0n) is 14.3. The van der Waals surface area contributed by atoms with Crippen molar-refractivity contribution in [3.63, 3.8) is 0 Å². The first kappa shape index (κ1) is 17.5. The van der Waals surface area contributed by atoms with Crippen LogP contribution in [-0.2, 0) is 17.8 Å². The number of carbonyl (C=O) groups excluding carboxylic acids is 1. The third-order valence-electron chi connectivity index (χ3n) is 3.76. The summed E-state index contributed by atoms with van der Waals surface area (Å²) in [5, 5.41) is 10.4. The summed E-state index contributed by atoms with van der Waals surface area (Å²) < 4.78 is 20.0. The highest BCUT2D eigenvalue weighted by molar-refractivity contribution is 5.90. The molecule has 26 heavy (non-hydrogen) atoms. The monoisotopic (exact) mass is 356 g/mol. The quantitative estimate of drug-likeness (QED) is 0.759. The van der Waals surface area contributed by atoms with Gasteiger partial charge in [-0.2, -0.15) is 0 Å². The molecule has 7 nitrogen and oxygen atoms in total. The van der Waals surface area contributed by atoms with Gasteiger partial charge in [-0.1, -0.05) is 6.92 Å². The van der Waals surface area contributed by atoms with E-state index >= 15 is 0 Å². The minimum atomic E-state index is -0.407. The molecule has 0 aliphatic carbocycles. The topological polar surface area (TPSA) is 90.0 Å². The zero-order valence-corrected chi connectivity index (χ0v) is 14.3. The maximum absolute atomic E-state index is 13.3. The Labute approximate surface area is 148 Å². The van der Waals surface area contributed by atoms with Crippen LogP contribution >= 0.6 is 0 Å². The van der Waals surface area contributed by atoms with Crippen molar-refractivity contribution in [2.75, 3.05) is 5.32 Å². The second-order valence-electron chi connectivity index (χ2n) is 5.75. The number of nitrogens with zero attached hydrogens (tertiary/aromatic N) is 3. The molecule has 0 saturated carbocycles. The smallest absolute Gasteiger partial charge is 0.251 e.